The van der Waals surface area contributed by atoms with Gasteiger partial charge in [0.2, 0.25) is 0 Å². The SMILES string of the molecule is CCOC(=O)C1=C(C)N=c2s/c(=C/c3cn(CCOc4ccccc4)c4ccccc34)c(=O)n2[C@@H]1c1ccccc1Cl. The Kier molecular flexibility index (Phi) is 7.82. The van der Waals surface area contributed by atoms with E-state index in [-0.39, 0.29) is 12.2 Å². The molecule has 0 saturated carbocycles. The van der Waals surface area contributed by atoms with Crippen LogP contribution in [0.2, 0.25) is 5.02 Å². The number of carbonyl (C=O) groups excluding carboxylic acids is 1. The Morgan fingerprint density at radius 3 is 2.57 bits per heavy atom. The number of allylic oxidation sites excluding steroid dienone is 1. The third-order valence-electron chi connectivity index (χ3n) is 7.17. The lowest BCUT2D eigenvalue weighted by molar-refractivity contribution is -0.139. The molecule has 0 aliphatic carbocycles. The fourth-order valence-electron chi connectivity index (χ4n) is 5.28. The summed E-state index contributed by atoms with van der Waals surface area (Å²) in [5, 5.41) is 1.48. The number of benzene rings is 3. The van der Waals surface area contributed by atoms with Crippen molar-refractivity contribution >= 4 is 45.9 Å². The van der Waals surface area contributed by atoms with E-state index in [4.69, 9.17) is 21.1 Å². The number of para-hydroxylation sites is 2. The van der Waals surface area contributed by atoms with Crippen LogP contribution in [0.1, 0.15) is 31.0 Å². The summed E-state index contributed by atoms with van der Waals surface area (Å²) in [6.45, 7) is 4.85. The lowest BCUT2D eigenvalue weighted by Crippen LogP contribution is -2.40. The van der Waals surface area contributed by atoms with Crippen molar-refractivity contribution < 1.29 is 14.3 Å². The Balaban J connectivity index is 1.44. The molecule has 0 spiro atoms. The van der Waals surface area contributed by atoms with E-state index in [0.29, 0.717) is 44.3 Å². The van der Waals surface area contributed by atoms with Crippen LogP contribution < -0.4 is 19.6 Å². The van der Waals surface area contributed by atoms with Gasteiger partial charge in [-0.1, -0.05) is 77.5 Å². The van der Waals surface area contributed by atoms with Crippen molar-refractivity contribution in [2.24, 2.45) is 4.99 Å². The molecule has 5 aromatic rings. The quantitative estimate of drug-likeness (QED) is 0.222. The van der Waals surface area contributed by atoms with E-state index in [9.17, 15) is 9.59 Å². The first kappa shape index (κ1) is 27.8. The van der Waals surface area contributed by atoms with Crippen LogP contribution in [0.3, 0.4) is 0 Å². The van der Waals surface area contributed by atoms with Gasteiger partial charge in [-0.3, -0.25) is 9.36 Å². The lowest BCUT2D eigenvalue weighted by atomic mass is 9.96. The zero-order valence-electron chi connectivity index (χ0n) is 23.1. The highest BCUT2D eigenvalue weighted by atomic mass is 35.5. The smallest absolute Gasteiger partial charge is 0.338 e. The first-order valence-electron chi connectivity index (χ1n) is 13.7. The second kappa shape index (κ2) is 11.8. The molecule has 9 heteroatoms. The summed E-state index contributed by atoms with van der Waals surface area (Å²) in [7, 11) is 0. The number of halogens is 1. The summed E-state index contributed by atoms with van der Waals surface area (Å²) in [5.74, 6) is 0.305. The highest BCUT2D eigenvalue weighted by Gasteiger charge is 2.34. The predicted molar refractivity (Wildman–Crippen MR) is 166 cm³/mol. The maximum Gasteiger partial charge on any atom is 0.338 e. The maximum absolute atomic E-state index is 14.1. The minimum Gasteiger partial charge on any atom is -0.492 e. The van der Waals surface area contributed by atoms with Crippen LogP contribution >= 0.6 is 22.9 Å². The zero-order chi connectivity index (χ0) is 29.2. The van der Waals surface area contributed by atoms with E-state index in [0.717, 1.165) is 22.2 Å². The summed E-state index contributed by atoms with van der Waals surface area (Å²) in [6, 6.07) is 24.3. The Labute approximate surface area is 251 Å². The molecule has 0 N–H and O–H groups in total. The molecule has 212 valence electrons. The van der Waals surface area contributed by atoms with Crippen molar-refractivity contribution in [3.63, 3.8) is 0 Å². The molecule has 1 aliphatic heterocycles. The monoisotopic (exact) mass is 597 g/mol. The Hall–Kier alpha value is -4.40. The van der Waals surface area contributed by atoms with Crippen molar-refractivity contribution in [1.29, 1.82) is 0 Å². The number of hydrogen-bond acceptors (Lipinski definition) is 6. The molecule has 0 fully saturated rings. The largest absolute Gasteiger partial charge is 0.492 e. The first-order valence-corrected chi connectivity index (χ1v) is 14.9. The van der Waals surface area contributed by atoms with Crippen LogP contribution in [0.15, 0.2) is 106 Å². The first-order chi connectivity index (χ1) is 20.5. The highest BCUT2D eigenvalue weighted by molar-refractivity contribution is 7.07. The summed E-state index contributed by atoms with van der Waals surface area (Å²) in [4.78, 5) is 32.4. The van der Waals surface area contributed by atoms with Gasteiger partial charge in [-0.15, -0.1) is 0 Å². The molecule has 0 bridgehead atoms. The maximum atomic E-state index is 14.1. The molecular weight excluding hydrogens is 570 g/mol. The number of nitrogens with zero attached hydrogens (tertiary/aromatic N) is 3. The molecule has 0 saturated heterocycles. The van der Waals surface area contributed by atoms with Crippen molar-refractivity contribution in [2.45, 2.75) is 26.4 Å². The minimum atomic E-state index is -0.757. The summed E-state index contributed by atoms with van der Waals surface area (Å²) in [6.07, 6.45) is 3.94. The highest BCUT2D eigenvalue weighted by Crippen LogP contribution is 2.34. The van der Waals surface area contributed by atoms with Gasteiger partial charge in [-0.05, 0) is 49.8 Å². The summed E-state index contributed by atoms with van der Waals surface area (Å²) in [5.41, 5.74) is 3.15. The van der Waals surface area contributed by atoms with Crippen LogP contribution in [0, 0.1) is 0 Å². The average molecular weight is 598 g/mol. The van der Waals surface area contributed by atoms with Crippen molar-refractivity contribution in [3.05, 3.63) is 132 Å². The summed E-state index contributed by atoms with van der Waals surface area (Å²) < 4.78 is 15.5. The number of rotatable bonds is 8. The minimum absolute atomic E-state index is 0.204. The molecule has 0 radical (unpaired) electrons. The fraction of sp³-hybridized carbons (Fsp3) is 0.182. The van der Waals surface area contributed by atoms with E-state index < -0.39 is 12.0 Å². The van der Waals surface area contributed by atoms with Crippen LogP contribution in [0.5, 0.6) is 5.75 Å². The molecule has 6 rings (SSSR count). The molecule has 0 unspecified atom stereocenters. The van der Waals surface area contributed by atoms with E-state index in [1.165, 1.54) is 11.3 Å². The normalized spacial score (nSPS) is 15.0. The summed E-state index contributed by atoms with van der Waals surface area (Å²) >= 11 is 7.91. The molecule has 3 aromatic carbocycles. The van der Waals surface area contributed by atoms with E-state index in [1.807, 2.05) is 79.0 Å². The number of aromatic nitrogens is 2. The van der Waals surface area contributed by atoms with Crippen LogP contribution in [0.25, 0.3) is 17.0 Å². The number of esters is 1. The number of carbonyl (C=O) groups is 1. The molecule has 3 heterocycles. The van der Waals surface area contributed by atoms with Gasteiger partial charge in [-0.2, -0.15) is 0 Å². The van der Waals surface area contributed by atoms with Gasteiger partial charge in [0.15, 0.2) is 4.80 Å². The molecule has 1 atom stereocenters. The third kappa shape index (κ3) is 5.19. The Bertz CT molecular complexity index is 2010. The van der Waals surface area contributed by atoms with E-state index in [2.05, 4.69) is 15.6 Å². The molecule has 7 nitrogen and oxygen atoms in total. The Morgan fingerprint density at radius 2 is 1.79 bits per heavy atom. The second-order valence-electron chi connectivity index (χ2n) is 9.78. The van der Waals surface area contributed by atoms with Crippen molar-refractivity contribution in [1.82, 2.24) is 9.13 Å². The molecular formula is C33H28ClN3O4S. The number of ether oxygens (including phenoxy) is 2. The van der Waals surface area contributed by atoms with Gasteiger partial charge in [0, 0.05) is 27.7 Å². The number of thiazole rings is 1. The van der Waals surface area contributed by atoms with Crippen LogP contribution in [0.4, 0.5) is 0 Å². The van der Waals surface area contributed by atoms with Gasteiger partial charge < -0.3 is 14.0 Å². The fourth-order valence-corrected chi connectivity index (χ4v) is 6.55. The van der Waals surface area contributed by atoms with Gasteiger partial charge in [0.05, 0.1) is 29.0 Å². The predicted octanol–water partition coefficient (Wildman–Crippen LogP) is 5.49. The van der Waals surface area contributed by atoms with Crippen molar-refractivity contribution in [2.75, 3.05) is 13.2 Å². The Morgan fingerprint density at radius 1 is 1.05 bits per heavy atom. The molecule has 0 amide bonds. The average Bonchev–Trinajstić information content (AvgIpc) is 3.50. The van der Waals surface area contributed by atoms with Gasteiger partial charge >= 0.3 is 5.97 Å². The van der Waals surface area contributed by atoms with Crippen LogP contribution in [-0.4, -0.2) is 28.3 Å². The molecule has 1 aliphatic rings. The van der Waals surface area contributed by atoms with Gasteiger partial charge in [-0.25, -0.2) is 9.79 Å². The standard InChI is InChI=1S/C33H28ClN3O4S/c1-3-40-32(39)29-21(2)35-33-37(30(29)25-14-7-9-15-26(25)34)31(38)28(42-33)19-22-20-36(27-16-10-8-13-24(22)27)17-18-41-23-11-5-4-6-12-23/h4-16,19-20,30H,3,17-18H2,1-2H3/b28-19+/t30-/m1/s1. The number of fused-ring (bicyclic) bond motifs is 2. The van der Waals surface area contributed by atoms with Gasteiger partial charge in [0.25, 0.3) is 5.56 Å². The van der Waals surface area contributed by atoms with Gasteiger partial charge in [0.1, 0.15) is 18.4 Å². The van der Waals surface area contributed by atoms with E-state index >= 15 is 0 Å². The van der Waals surface area contributed by atoms with E-state index in [1.54, 1.807) is 24.5 Å². The lowest BCUT2D eigenvalue weighted by Gasteiger charge is -2.25. The second-order valence-corrected chi connectivity index (χ2v) is 11.2. The third-order valence-corrected chi connectivity index (χ3v) is 8.49. The molecule has 42 heavy (non-hydrogen) atoms. The number of hydrogen-bond donors (Lipinski definition) is 0. The molecule has 2 aromatic heterocycles. The van der Waals surface area contributed by atoms with Crippen molar-refractivity contribution in [3.8, 4) is 5.75 Å². The zero-order valence-corrected chi connectivity index (χ0v) is 24.7. The topological polar surface area (TPSA) is 74.8 Å². The van der Waals surface area contributed by atoms with Crippen LogP contribution in [-0.2, 0) is 16.1 Å².